The molecule has 4 N–H and O–H groups in total. The predicted octanol–water partition coefficient (Wildman–Crippen LogP) is 3.99. The van der Waals surface area contributed by atoms with Crippen LogP contribution in [0.2, 0.25) is 0 Å². The van der Waals surface area contributed by atoms with E-state index in [0.717, 1.165) is 44.9 Å². The van der Waals surface area contributed by atoms with Crippen molar-refractivity contribution in [1.82, 2.24) is 26.2 Å². The number of nitrogens with zero attached hydrogens (tertiary/aromatic N) is 1. The lowest BCUT2D eigenvalue weighted by atomic mass is 9.70. The van der Waals surface area contributed by atoms with Crippen molar-refractivity contribution in [3.05, 3.63) is 35.0 Å². The van der Waals surface area contributed by atoms with E-state index in [0.29, 0.717) is 17.8 Å². The number of Topliss-reactive ketones (excluding diaryl/α,β-unsaturated/α-hetero) is 1. The van der Waals surface area contributed by atoms with Gasteiger partial charge < -0.3 is 26.2 Å². The highest BCUT2D eigenvalue weighted by Gasteiger charge is 2.70. The third-order valence-electron chi connectivity index (χ3n) is 11.7. The Morgan fingerprint density at radius 2 is 1.70 bits per heavy atom. The van der Waals surface area contributed by atoms with Gasteiger partial charge in [0.05, 0.1) is 10.9 Å². The van der Waals surface area contributed by atoms with Crippen LogP contribution in [0, 0.1) is 34.0 Å². The highest BCUT2D eigenvalue weighted by Crippen LogP contribution is 2.65. The molecule has 0 bridgehead atoms. The Labute approximate surface area is 300 Å². The van der Waals surface area contributed by atoms with Crippen LogP contribution in [0.5, 0.6) is 0 Å². The molecule has 4 fully saturated rings. The largest absolute Gasteiger partial charge is 0.346 e. The molecule has 5 rings (SSSR count). The van der Waals surface area contributed by atoms with E-state index in [4.69, 9.17) is 0 Å². The molecule has 0 radical (unpaired) electrons. The van der Waals surface area contributed by atoms with Crippen LogP contribution in [0.25, 0.3) is 0 Å². The molecule has 12 heteroatoms. The van der Waals surface area contributed by atoms with Crippen LogP contribution < -0.4 is 21.3 Å². The monoisotopic (exact) mass is 709 g/mol. The van der Waals surface area contributed by atoms with E-state index in [-0.39, 0.29) is 41.5 Å². The predicted molar refractivity (Wildman–Crippen MR) is 192 cm³/mol. The van der Waals surface area contributed by atoms with Gasteiger partial charge in [-0.25, -0.2) is 0 Å². The fourth-order valence-corrected chi connectivity index (χ4v) is 8.88. The van der Waals surface area contributed by atoms with Crippen molar-refractivity contribution in [2.75, 3.05) is 13.1 Å². The Morgan fingerprint density at radius 1 is 1.02 bits per heavy atom. The summed E-state index contributed by atoms with van der Waals surface area (Å²) in [6.45, 7) is 15.9. The number of thiophene rings is 1. The van der Waals surface area contributed by atoms with Crippen molar-refractivity contribution >= 4 is 46.7 Å². The average molecular weight is 710 g/mol. The molecule has 50 heavy (non-hydrogen) atoms. The zero-order chi connectivity index (χ0) is 36.6. The van der Waals surface area contributed by atoms with Gasteiger partial charge in [-0.1, -0.05) is 85.8 Å². The van der Waals surface area contributed by atoms with Crippen LogP contribution >= 0.6 is 11.3 Å². The van der Waals surface area contributed by atoms with E-state index >= 15 is 0 Å². The normalized spacial score (nSPS) is 25.2. The summed E-state index contributed by atoms with van der Waals surface area (Å²) in [5, 5.41) is 13.3. The lowest BCUT2D eigenvalue weighted by Crippen LogP contribution is -2.64. The molecule has 1 aromatic heterocycles. The van der Waals surface area contributed by atoms with Crippen molar-refractivity contribution in [3.63, 3.8) is 0 Å². The van der Waals surface area contributed by atoms with Gasteiger partial charge in [0, 0.05) is 13.1 Å². The van der Waals surface area contributed by atoms with Gasteiger partial charge in [-0.05, 0) is 64.7 Å². The Bertz CT molecular complexity index is 1490. The average Bonchev–Trinajstić information content (AvgIpc) is 3.75. The zero-order valence-corrected chi connectivity index (χ0v) is 31.3. The third-order valence-corrected chi connectivity index (χ3v) is 12.5. The first-order chi connectivity index (χ1) is 23.5. The first-order valence-electron chi connectivity index (χ1n) is 18.2. The van der Waals surface area contributed by atoms with E-state index in [1.54, 1.807) is 17.0 Å². The molecule has 274 valence electrons. The number of hydrogen-bond donors (Lipinski definition) is 4. The molecule has 1 saturated heterocycles. The number of amides is 5. The van der Waals surface area contributed by atoms with Crippen molar-refractivity contribution in [2.45, 2.75) is 117 Å². The molecule has 3 saturated carbocycles. The van der Waals surface area contributed by atoms with Gasteiger partial charge in [0.1, 0.15) is 18.1 Å². The van der Waals surface area contributed by atoms with E-state index in [2.05, 4.69) is 41.7 Å². The van der Waals surface area contributed by atoms with Gasteiger partial charge in [0.25, 0.3) is 11.8 Å². The van der Waals surface area contributed by atoms with Crippen LogP contribution in [0.3, 0.4) is 0 Å². The Hall–Kier alpha value is -3.54. The lowest BCUT2D eigenvalue weighted by molar-refractivity contribution is -0.147. The van der Waals surface area contributed by atoms with E-state index in [1.807, 2.05) is 33.1 Å². The molecule has 5 amide bonds. The third kappa shape index (κ3) is 8.00. The quantitative estimate of drug-likeness (QED) is 0.169. The fraction of sp³-hybridized carbons (Fsp3) is 0.684. The number of hydrogen-bond acceptors (Lipinski definition) is 7. The second kappa shape index (κ2) is 14.6. The second-order valence-corrected chi connectivity index (χ2v) is 17.8. The summed E-state index contributed by atoms with van der Waals surface area (Å²) >= 11 is 1.30. The molecular formula is C38H55N5O6S. The van der Waals surface area contributed by atoms with Crippen molar-refractivity contribution in [2.24, 2.45) is 34.0 Å². The number of carbonyl (C=O) groups is 6. The highest BCUT2D eigenvalue weighted by atomic mass is 32.1. The number of piperidine rings is 1. The smallest absolute Gasteiger partial charge is 0.289 e. The number of rotatable bonds is 14. The number of carbonyl (C=O) groups excluding carboxylic acids is 6. The number of likely N-dealkylation sites (tertiary alicyclic amines) is 1. The van der Waals surface area contributed by atoms with Crippen molar-refractivity contribution < 1.29 is 28.8 Å². The van der Waals surface area contributed by atoms with E-state index < -0.39 is 58.5 Å². The Kier molecular flexibility index (Phi) is 11.0. The van der Waals surface area contributed by atoms with Crippen LogP contribution in [-0.2, 0) is 24.0 Å². The van der Waals surface area contributed by atoms with Crippen LogP contribution in [-0.4, -0.2) is 77.5 Å². The van der Waals surface area contributed by atoms with Gasteiger partial charge in [0.15, 0.2) is 0 Å². The van der Waals surface area contributed by atoms with Crippen molar-refractivity contribution in [1.29, 1.82) is 0 Å². The molecule has 2 heterocycles. The molecule has 1 aliphatic heterocycles. The summed E-state index contributed by atoms with van der Waals surface area (Å²) in [5.74, 6) is -2.86. The molecule has 1 aromatic rings. The summed E-state index contributed by atoms with van der Waals surface area (Å²) in [4.78, 5) is 84.4. The summed E-state index contributed by atoms with van der Waals surface area (Å²) in [6.07, 6.45) is 8.20. The minimum absolute atomic E-state index is 0.0750. The van der Waals surface area contributed by atoms with E-state index in [1.165, 1.54) is 17.4 Å². The lowest BCUT2D eigenvalue weighted by Gasteiger charge is -2.42. The standard InChI is InChI=1S/C38H55N5O6S/c1-8-18-39-33(47)28(44)24(20-22-14-15-22)40-32(46)27-26-23(37(26,5)6)21-43(27)35(49)30(36(2,3)4)42-34(48)29(38(7)16-10-9-11-17-38)41-31(45)25-13-12-19-50-25/h8,12-13,19,22-24,26-27,29-30H,1,9-11,14-18,20-21H2,2-7H3,(H,39,47)(H,40,46)(H,41,45)(H,42,48)/t23-,24?,26-,27-,29+,30+/m0/s1. The zero-order valence-electron chi connectivity index (χ0n) is 30.4. The summed E-state index contributed by atoms with van der Waals surface area (Å²) < 4.78 is 0. The minimum Gasteiger partial charge on any atom is -0.346 e. The molecule has 4 aliphatic rings. The highest BCUT2D eigenvalue weighted by molar-refractivity contribution is 7.12. The fourth-order valence-electron chi connectivity index (χ4n) is 8.25. The van der Waals surface area contributed by atoms with Gasteiger partial charge in [-0.2, -0.15) is 0 Å². The molecule has 6 atom stereocenters. The molecule has 0 spiro atoms. The second-order valence-electron chi connectivity index (χ2n) is 16.9. The number of nitrogens with one attached hydrogen (secondary N) is 4. The van der Waals surface area contributed by atoms with Gasteiger partial charge in [-0.15, -0.1) is 17.9 Å². The first kappa shape index (κ1) is 37.7. The van der Waals surface area contributed by atoms with Crippen LogP contribution in [0.15, 0.2) is 30.2 Å². The van der Waals surface area contributed by atoms with Crippen molar-refractivity contribution in [3.8, 4) is 0 Å². The van der Waals surface area contributed by atoms with Crippen LogP contribution in [0.1, 0.15) is 103 Å². The Morgan fingerprint density at radius 3 is 2.28 bits per heavy atom. The van der Waals surface area contributed by atoms with E-state index in [9.17, 15) is 28.8 Å². The molecule has 3 aliphatic carbocycles. The maximum atomic E-state index is 14.6. The molecular weight excluding hydrogens is 655 g/mol. The van der Waals surface area contributed by atoms with Gasteiger partial charge in [0.2, 0.25) is 23.5 Å². The van der Waals surface area contributed by atoms with Gasteiger partial charge in [-0.3, -0.25) is 28.8 Å². The summed E-state index contributed by atoms with van der Waals surface area (Å²) in [5.41, 5.74) is -1.42. The molecule has 0 aromatic carbocycles. The SMILES string of the molecule is C=CCNC(=O)C(=O)C(CC1CC1)NC(=O)[C@@H]1[C@@H]2[C@H](CN1C(=O)[C@@H](NC(=O)[C@@H](NC(=O)c1cccs1)C1(C)CCCCC1)C(C)(C)C)C2(C)C. The minimum atomic E-state index is -1.00. The first-order valence-corrected chi connectivity index (χ1v) is 19.1. The number of ketones is 1. The summed E-state index contributed by atoms with van der Waals surface area (Å²) in [6, 6.07) is -0.197. The maximum absolute atomic E-state index is 14.6. The van der Waals surface area contributed by atoms with Gasteiger partial charge >= 0.3 is 0 Å². The maximum Gasteiger partial charge on any atom is 0.289 e. The Balaban J connectivity index is 1.38. The number of fused-ring (bicyclic) bond motifs is 1. The molecule has 11 nitrogen and oxygen atoms in total. The molecule has 1 unspecified atom stereocenters. The summed E-state index contributed by atoms with van der Waals surface area (Å²) in [7, 11) is 0. The van der Waals surface area contributed by atoms with Crippen LogP contribution in [0.4, 0.5) is 0 Å². The topological polar surface area (TPSA) is 154 Å².